The normalized spacial score (nSPS) is 12.4. The van der Waals surface area contributed by atoms with Gasteiger partial charge in [-0.3, -0.25) is 4.79 Å². The Kier molecular flexibility index (Phi) is 4.12. The highest BCUT2D eigenvalue weighted by Gasteiger charge is 2.17. The van der Waals surface area contributed by atoms with Crippen LogP contribution in [0.4, 0.5) is 5.69 Å². The van der Waals surface area contributed by atoms with Crippen LogP contribution in [0, 0.1) is 13.8 Å². The summed E-state index contributed by atoms with van der Waals surface area (Å²) in [6.07, 6.45) is 1.60. The number of aryl methyl sites for hydroxylation is 2. The Morgan fingerprint density at radius 3 is 2.81 bits per heavy atom. The number of anilines is 1. The van der Waals surface area contributed by atoms with Gasteiger partial charge < -0.3 is 14.7 Å². The van der Waals surface area contributed by atoms with Crippen molar-refractivity contribution in [2.75, 3.05) is 5.32 Å². The van der Waals surface area contributed by atoms with E-state index in [4.69, 9.17) is 4.42 Å². The molecule has 3 aromatic heterocycles. The van der Waals surface area contributed by atoms with E-state index in [1.54, 1.807) is 6.26 Å². The second-order valence-electron chi connectivity index (χ2n) is 6.42. The van der Waals surface area contributed by atoms with Gasteiger partial charge in [0, 0.05) is 16.6 Å². The molecular formula is C20H19N3O2S. The molecule has 0 saturated heterocycles. The van der Waals surface area contributed by atoms with Crippen molar-refractivity contribution in [3.05, 3.63) is 69.3 Å². The van der Waals surface area contributed by atoms with Gasteiger partial charge >= 0.3 is 0 Å². The molecular weight excluding hydrogens is 346 g/mol. The molecule has 132 valence electrons. The zero-order valence-corrected chi connectivity index (χ0v) is 15.6. The quantitative estimate of drug-likeness (QED) is 0.532. The van der Waals surface area contributed by atoms with E-state index in [2.05, 4.69) is 41.3 Å². The SMILES string of the molecule is Cc1ccc(N[C@H](C)c2nc3scc(-c4ccco4)c3c(=O)[nH]2)cc1C. The van der Waals surface area contributed by atoms with E-state index in [9.17, 15) is 4.79 Å². The average Bonchev–Trinajstić information content (AvgIpc) is 3.27. The first-order valence-electron chi connectivity index (χ1n) is 8.42. The van der Waals surface area contributed by atoms with Crippen LogP contribution in [0.1, 0.15) is 29.9 Å². The van der Waals surface area contributed by atoms with Crippen molar-refractivity contribution in [3.8, 4) is 11.3 Å². The molecule has 0 unspecified atom stereocenters. The molecule has 4 rings (SSSR count). The van der Waals surface area contributed by atoms with Crippen LogP contribution < -0.4 is 10.9 Å². The maximum Gasteiger partial charge on any atom is 0.260 e. The molecule has 0 radical (unpaired) electrons. The highest BCUT2D eigenvalue weighted by molar-refractivity contribution is 7.17. The van der Waals surface area contributed by atoms with Crippen LogP contribution in [0.3, 0.4) is 0 Å². The van der Waals surface area contributed by atoms with Crippen LogP contribution in [0.25, 0.3) is 21.5 Å². The van der Waals surface area contributed by atoms with E-state index in [1.165, 1.54) is 22.5 Å². The highest BCUT2D eigenvalue weighted by atomic mass is 32.1. The van der Waals surface area contributed by atoms with Crippen molar-refractivity contribution in [1.29, 1.82) is 0 Å². The third-order valence-electron chi connectivity index (χ3n) is 4.55. The molecule has 0 fully saturated rings. The Labute approximate surface area is 154 Å². The third-order valence-corrected chi connectivity index (χ3v) is 5.42. The Hall–Kier alpha value is -2.86. The van der Waals surface area contributed by atoms with Crippen molar-refractivity contribution in [1.82, 2.24) is 9.97 Å². The molecule has 0 amide bonds. The van der Waals surface area contributed by atoms with Gasteiger partial charge in [0.1, 0.15) is 16.4 Å². The average molecular weight is 365 g/mol. The number of hydrogen-bond acceptors (Lipinski definition) is 5. The van der Waals surface area contributed by atoms with Crippen LogP contribution in [0.2, 0.25) is 0 Å². The van der Waals surface area contributed by atoms with E-state index < -0.39 is 0 Å². The van der Waals surface area contributed by atoms with Gasteiger partial charge in [0.25, 0.3) is 5.56 Å². The lowest BCUT2D eigenvalue weighted by atomic mass is 10.1. The standard InChI is InChI=1S/C20H19N3O2S/c1-11-6-7-14(9-12(11)2)21-13(3)18-22-19(24)17-15(10-26-20(17)23-18)16-5-4-8-25-16/h4-10,13,21H,1-3H3,(H,22,23,24)/t13-/m1/s1. The van der Waals surface area contributed by atoms with Crippen LogP contribution in [-0.4, -0.2) is 9.97 Å². The van der Waals surface area contributed by atoms with Crippen molar-refractivity contribution in [3.63, 3.8) is 0 Å². The second kappa shape index (κ2) is 6.46. The van der Waals surface area contributed by atoms with Gasteiger partial charge in [0.15, 0.2) is 0 Å². The van der Waals surface area contributed by atoms with Gasteiger partial charge in [0.2, 0.25) is 0 Å². The van der Waals surface area contributed by atoms with Crippen LogP contribution in [-0.2, 0) is 0 Å². The number of aromatic nitrogens is 2. The van der Waals surface area contributed by atoms with Gasteiger partial charge in [0.05, 0.1) is 17.7 Å². The third kappa shape index (κ3) is 2.93. The summed E-state index contributed by atoms with van der Waals surface area (Å²) in [5, 5.41) is 5.90. The lowest BCUT2D eigenvalue weighted by Crippen LogP contribution is -2.17. The summed E-state index contributed by atoms with van der Waals surface area (Å²) in [5.74, 6) is 1.30. The predicted octanol–water partition coefficient (Wildman–Crippen LogP) is 5.03. The Morgan fingerprint density at radius 2 is 2.08 bits per heavy atom. The van der Waals surface area contributed by atoms with E-state index in [0.717, 1.165) is 11.3 Å². The summed E-state index contributed by atoms with van der Waals surface area (Å²) in [6, 6.07) is 9.75. The van der Waals surface area contributed by atoms with Crippen molar-refractivity contribution >= 4 is 27.2 Å². The summed E-state index contributed by atoms with van der Waals surface area (Å²) < 4.78 is 5.43. The minimum Gasteiger partial charge on any atom is -0.464 e. The zero-order chi connectivity index (χ0) is 18.3. The van der Waals surface area contributed by atoms with E-state index >= 15 is 0 Å². The molecule has 0 aliphatic heterocycles. The molecule has 0 aliphatic carbocycles. The van der Waals surface area contributed by atoms with E-state index in [1.807, 2.05) is 30.5 Å². The molecule has 6 heteroatoms. The molecule has 0 aliphatic rings. The number of fused-ring (bicyclic) bond motifs is 1. The number of thiophene rings is 1. The Bertz CT molecular complexity index is 1130. The smallest absolute Gasteiger partial charge is 0.260 e. The van der Waals surface area contributed by atoms with Crippen LogP contribution in [0.15, 0.2) is 51.2 Å². The van der Waals surface area contributed by atoms with Gasteiger partial charge in [-0.15, -0.1) is 11.3 Å². The first kappa shape index (κ1) is 16.6. The molecule has 2 N–H and O–H groups in total. The summed E-state index contributed by atoms with van der Waals surface area (Å²) in [4.78, 5) is 21.0. The maximum atomic E-state index is 12.7. The first-order chi connectivity index (χ1) is 12.5. The number of hydrogen-bond donors (Lipinski definition) is 2. The number of furan rings is 1. The van der Waals surface area contributed by atoms with Crippen molar-refractivity contribution in [2.24, 2.45) is 0 Å². The highest BCUT2D eigenvalue weighted by Crippen LogP contribution is 2.31. The topological polar surface area (TPSA) is 70.9 Å². The lowest BCUT2D eigenvalue weighted by Gasteiger charge is -2.15. The predicted molar refractivity (Wildman–Crippen MR) is 106 cm³/mol. The number of H-pyrrole nitrogens is 1. The summed E-state index contributed by atoms with van der Waals surface area (Å²) in [7, 11) is 0. The number of nitrogens with zero attached hydrogens (tertiary/aromatic N) is 1. The molecule has 5 nitrogen and oxygen atoms in total. The van der Waals surface area contributed by atoms with Crippen LogP contribution >= 0.6 is 11.3 Å². The fourth-order valence-corrected chi connectivity index (χ4v) is 3.87. The van der Waals surface area contributed by atoms with Gasteiger partial charge in [-0.1, -0.05) is 6.07 Å². The fraction of sp³-hybridized carbons (Fsp3) is 0.200. The van der Waals surface area contributed by atoms with Gasteiger partial charge in [-0.25, -0.2) is 4.98 Å². The largest absolute Gasteiger partial charge is 0.464 e. The maximum absolute atomic E-state index is 12.7. The summed E-state index contributed by atoms with van der Waals surface area (Å²) in [5.41, 5.74) is 4.11. The number of nitrogens with one attached hydrogen (secondary N) is 2. The minimum absolute atomic E-state index is 0.122. The van der Waals surface area contributed by atoms with Gasteiger partial charge in [-0.2, -0.15) is 0 Å². The molecule has 26 heavy (non-hydrogen) atoms. The number of aromatic amines is 1. The zero-order valence-electron chi connectivity index (χ0n) is 14.8. The molecule has 1 atom stereocenters. The summed E-state index contributed by atoms with van der Waals surface area (Å²) >= 11 is 1.45. The van der Waals surface area contributed by atoms with E-state index in [-0.39, 0.29) is 11.6 Å². The molecule has 0 saturated carbocycles. The van der Waals surface area contributed by atoms with Gasteiger partial charge in [-0.05, 0) is 56.2 Å². The minimum atomic E-state index is -0.147. The molecule has 3 heterocycles. The van der Waals surface area contributed by atoms with E-state index in [0.29, 0.717) is 21.8 Å². The van der Waals surface area contributed by atoms with Crippen LogP contribution in [0.5, 0.6) is 0 Å². The van der Waals surface area contributed by atoms with Crippen molar-refractivity contribution in [2.45, 2.75) is 26.8 Å². The van der Waals surface area contributed by atoms with Crippen molar-refractivity contribution < 1.29 is 4.42 Å². The Morgan fingerprint density at radius 1 is 1.23 bits per heavy atom. The lowest BCUT2D eigenvalue weighted by molar-refractivity contribution is 0.583. The number of benzene rings is 1. The molecule has 4 aromatic rings. The summed E-state index contributed by atoms with van der Waals surface area (Å²) in [6.45, 7) is 6.16. The molecule has 0 bridgehead atoms. The Balaban J connectivity index is 1.69. The number of rotatable bonds is 4. The monoisotopic (exact) mass is 365 g/mol. The molecule has 1 aromatic carbocycles. The second-order valence-corrected chi connectivity index (χ2v) is 7.28. The fourth-order valence-electron chi connectivity index (χ4n) is 2.93. The molecule has 0 spiro atoms. The first-order valence-corrected chi connectivity index (χ1v) is 9.30.